The van der Waals surface area contributed by atoms with Crippen LogP contribution in [0.3, 0.4) is 0 Å². The van der Waals surface area contributed by atoms with Crippen LogP contribution in [0.2, 0.25) is 0 Å². The molecule has 2 aliphatic heterocycles. The van der Waals surface area contributed by atoms with Crippen LogP contribution >= 0.6 is 0 Å². The van der Waals surface area contributed by atoms with Gasteiger partial charge in [-0.25, -0.2) is 4.79 Å². The summed E-state index contributed by atoms with van der Waals surface area (Å²) in [5, 5.41) is 0. The summed E-state index contributed by atoms with van der Waals surface area (Å²) < 4.78 is 10.9. The highest BCUT2D eigenvalue weighted by atomic mass is 16.6. The second-order valence-corrected chi connectivity index (χ2v) is 7.20. The molecule has 2 heterocycles. The molecule has 6 nitrogen and oxygen atoms in total. The molecule has 2 fully saturated rings. The van der Waals surface area contributed by atoms with E-state index in [2.05, 4.69) is 0 Å². The zero-order valence-electron chi connectivity index (χ0n) is 14.1. The molecular weight excluding hydrogens is 284 g/mol. The highest BCUT2D eigenvalue weighted by Crippen LogP contribution is 2.19. The van der Waals surface area contributed by atoms with Crippen LogP contribution in [0.5, 0.6) is 0 Å². The molecule has 2 saturated heterocycles. The number of hydrogen-bond donors (Lipinski definition) is 0. The summed E-state index contributed by atoms with van der Waals surface area (Å²) in [6.45, 7) is 9.92. The van der Waals surface area contributed by atoms with Crippen molar-refractivity contribution in [1.29, 1.82) is 0 Å². The molecule has 0 aromatic carbocycles. The Kier molecular flexibility index (Phi) is 5.32. The van der Waals surface area contributed by atoms with Gasteiger partial charge in [-0.05, 0) is 40.5 Å². The molecule has 0 spiro atoms. The Hall–Kier alpha value is -1.30. The van der Waals surface area contributed by atoms with E-state index in [0.29, 0.717) is 26.1 Å². The third-order valence-electron chi connectivity index (χ3n) is 4.03. The summed E-state index contributed by atoms with van der Waals surface area (Å²) in [6.07, 6.45) is 2.24. The van der Waals surface area contributed by atoms with Gasteiger partial charge in [0.15, 0.2) is 0 Å². The second-order valence-electron chi connectivity index (χ2n) is 7.20. The van der Waals surface area contributed by atoms with Crippen LogP contribution in [-0.2, 0) is 14.3 Å². The van der Waals surface area contributed by atoms with Gasteiger partial charge in [-0.3, -0.25) is 4.79 Å². The lowest BCUT2D eigenvalue weighted by Crippen LogP contribution is -2.56. The van der Waals surface area contributed by atoms with Crippen molar-refractivity contribution in [3.05, 3.63) is 0 Å². The van der Waals surface area contributed by atoms with Crippen molar-refractivity contribution >= 4 is 12.0 Å². The smallest absolute Gasteiger partial charge is 0.410 e. The van der Waals surface area contributed by atoms with Crippen LogP contribution in [0.4, 0.5) is 4.79 Å². The summed E-state index contributed by atoms with van der Waals surface area (Å²) in [5.41, 5.74) is -0.493. The van der Waals surface area contributed by atoms with Crippen LogP contribution in [0.25, 0.3) is 0 Å². The van der Waals surface area contributed by atoms with Gasteiger partial charge in [0.2, 0.25) is 5.91 Å². The SMILES string of the molecule is C[C@H]1CN(C(=O)OC(C)(C)C)CCN1C(=O)C[C@H]1CCCO1. The Balaban J connectivity index is 1.84. The van der Waals surface area contributed by atoms with E-state index < -0.39 is 5.60 Å². The highest BCUT2D eigenvalue weighted by Gasteiger charge is 2.33. The molecule has 0 aromatic rings. The van der Waals surface area contributed by atoms with Crippen molar-refractivity contribution in [3.63, 3.8) is 0 Å². The molecule has 0 aliphatic carbocycles. The largest absolute Gasteiger partial charge is 0.444 e. The number of rotatable bonds is 2. The molecule has 0 saturated carbocycles. The van der Waals surface area contributed by atoms with Crippen LogP contribution in [0, 0.1) is 0 Å². The van der Waals surface area contributed by atoms with Gasteiger partial charge in [0.25, 0.3) is 0 Å². The van der Waals surface area contributed by atoms with Crippen molar-refractivity contribution in [2.24, 2.45) is 0 Å². The average Bonchev–Trinajstić information content (AvgIpc) is 2.89. The van der Waals surface area contributed by atoms with E-state index in [0.717, 1.165) is 19.4 Å². The highest BCUT2D eigenvalue weighted by molar-refractivity contribution is 5.77. The number of hydrogen-bond acceptors (Lipinski definition) is 4. The van der Waals surface area contributed by atoms with E-state index in [9.17, 15) is 9.59 Å². The number of carbonyl (C=O) groups excluding carboxylic acids is 2. The minimum atomic E-state index is -0.493. The number of ether oxygens (including phenoxy) is 2. The van der Waals surface area contributed by atoms with Crippen molar-refractivity contribution in [3.8, 4) is 0 Å². The lowest BCUT2D eigenvalue weighted by molar-refractivity contribution is -0.138. The van der Waals surface area contributed by atoms with Crippen LogP contribution in [-0.4, -0.2) is 65.8 Å². The second kappa shape index (κ2) is 6.86. The molecule has 0 unspecified atom stereocenters. The molecule has 0 N–H and O–H groups in total. The van der Waals surface area contributed by atoms with Gasteiger partial charge in [0.05, 0.1) is 12.5 Å². The molecule has 2 aliphatic rings. The fourth-order valence-corrected chi connectivity index (χ4v) is 2.94. The Labute approximate surface area is 132 Å². The van der Waals surface area contributed by atoms with E-state index in [1.54, 1.807) is 4.90 Å². The number of amides is 2. The fourth-order valence-electron chi connectivity index (χ4n) is 2.94. The van der Waals surface area contributed by atoms with Crippen molar-refractivity contribution in [2.75, 3.05) is 26.2 Å². The molecule has 0 aromatic heterocycles. The first-order valence-electron chi connectivity index (χ1n) is 8.15. The van der Waals surface area contributed by atoms with Gasteiger partial charge in [-0.2, -0.15) is 0 Å². The van der Waals surface area contributed by atoms with Gasteiger partial charge in [-0.1, -0.05) is 0 Å². The first-order valence-corrected chi connectivity index (χ1v) is 8.15. The first-order chi connectivity index (χ1) is 10.3. The molecule has 2 rings (SSSR count). The zero-order valence-corrected chi connectivity index (χ0v) is 14.1. The van der Waals surface area contributed by atoms with Crippen molar-refractivity contribution in [2.45, 2.75) is 64.7 Å². The maximum atomic E-state index is 12.4. The van der Waals surface area contributed by atoms with E-state index in [1.807, 2.05) is 32.6 Å². The van der Waals surface area contributed by atoms with Crippen LogP contribution in [0.1, 0.15) is 47.0 Å². The Bertz CT molecular complexity index is 413. The third kappa shape index (κ3) is 4.60. The van der Waals surface area contributed by atoms with Gasteiger partial charge < -0.3 is 19.3 Å². The minimum Gasteiger partial charge on any atom is -0.444 e. The lowest BCUT2D eigenvalue weighted by Gasteiger charge is -2.40. The molecule has 126 valence electrons. The summed E-state index contributed by atoms with van der Waals surface area (Å²) in [4.78, 5) is 28.0. The van der Waals surface area contributed by atoms with Gasteiger partial charge >= 0.3 is 6.09 Å². The van der Waals surface area contributed by atoms with Crippen LogP contribution < -0.4 is 0 Å². The molecule has 2 atom stereocenters. The predicted molar refractivity (Wildman–Crippen MR) is 82.6 cm³/mol. The maximum Gasteiger partial charge on any atom is 0.410 e. The lowest BCUT2D eigenvalue weighted by atomic mass is 10.1. The van der Waals surface area contributed by atoms with E-state index in [1.165, 1.54) is 0 Å². The monoisotopic (exact) mass is 312 g/mol. The van der Waals surface area contributed by atoms with Gasteiger partial charge in [0, 0.05) is 32.3 Å². The standard InChI is InChI=1S/C16H28N2O4/c1-12-11-17(15(20)22-16(2,3)4)7-8-18(12)14(19)10-13-6-5-9-21-13/h12-13H,5-11H2,1-4H3/t12-,13+/m0/s1. The molecular formula is C16H28N2O4. The van der Waals surface area contributed by atoms with Crippen molar-refractivity contribution < 1.29 is 19.1 Å². The summed E-state index contributed by atoms with van der Waals surface area (Å²) in [5.74, 6) is 0.128. The summed E-state index contributed by atoms with van der Waals surface area (Å²) >= 11 is 0. The van der Waals surface area contributed by atoms with Crippen molar-refractivity contribution in [1.82, 2.24) is 9.80 Å². The Morgan fingerprint density at radius 1 is 1.27 bits per heavy atom. The summed E-state index contributed by atoms with van der Waals surface area (Å²) in [7, 11) is 0. The number of nitrogens with zero attached hydrogens (tertiary/aromatic N) is 2. The zero-order chi connectivity index (χ0) is 16.3. The van der Waals surface area contributed by atoms with E-state index in [4.69, 9.17) is 9.47 Å². The minimum absolute atomic E-state index is 0.00942. The van der Waals surface area contributed by atoms with Crippen LogP contribution in [0.15, 0.2) is 0 Å². The number of piperazine rings is 1. The van der Waals surface area contributed by atoms with E-state index in [-0.39, 0.29) is 24.1 Å². The van der Waals surface area contributed by atoms with E-state index >= 15 is 0 Å². The van der Waals surface area contributed by atoms with Gasteiger partial charge in [0.1, 0.15) is 5.60 Å². The molecule has 0 radical (unpaired) electrons. The molecule has 6 heteroatoms. The summed E-state index contributed by atoms with van der Waals surface area (Å²) in [6, 6.07) is 0.00942. The Morgan fingerprint density at radius 2 is 2.00 bits per heavy atom. The third-order valence-corrected chi connectivity index (χ3v) is 4.03. The quantitative estimate of drug-likeness (QED) is 0.783. The molecule has 2 amide bonds. The molecule has 0 bridgehead atoms. The topological polar surface area (TPSA) is 59.1 Å². The maximum absolute atomic E-state index is 12.4. The predicted octanol–water partition coefficient (Wildman–Crippen LogP) is 2.02. The van der Waals surface area contributed by atoms with Gasteiger partial charge in [-0.15, -0.1) is 0 Å². The average molecular weight is 312 g/mol. The Morgan fingerprint density at radius 3 is 2.55 bits per heavy atom. The molecule has 22 heavy (non-hydrogen) atoms. The fraction of sp³-hybridized carbons (Fsp3) is 0.875. The first kappa shape index (κ1) is 17.1. The number of carbonyl (C=O) groups is 2. The normalized spacial score (nSPS) is 26.2.